The zero-order valence-corrected chi connectivity index (χ0v) is 15.6. The number of benzene rings is 1. The summed E-state index contributed by atoms with van der Waals surface area (Å²) in [5.74, 6) is -0.0346. The van der Waals surface area contributed by atoms with Gasteiger partial charge in [0.05, 0.1) is 11.3 Å². The molecule has 1 aliphatic rings. The second-order valence-corrected chi connectivity index (χ2v) is 6.71. The van der Waals surface area contributed by atoms with Crippen LogP contribution in [0.2, 0.25) is 0 Å². The maximum absolute atomic E-state index is 12.5. The molecule has 0 unspecified atom stereocenters. The van der Waals surface area contributed by atoms with Gasteiger partial charge in [-0.25, -0.2) is 4.68 Å². The molecule has 1 amide bonds. The molecule has 6 nitrogen and oxygen atoms in total. The van der Waals surface area contributed by atoms with Gasteiger partial charge in [-0.3, -0.25) is 4.79 Å². The molecule has 1 aromatic heterocycles. The Kier molecular flexibility index (Phi) is 6.80. The first-order valence-electron chi connectivity index (χ1n) is 9.60. The monoisotopic (exact) mass is 355 g/mol. The van der Waals surface area contributed by atoms with E-state index < -0.39 is 0 Å². The fourth-order valence-electron chi connectivity index (χ4n) is 3.36. The van der Waals surface area contributed by atoms with Crippen molar-refractivity contribution in [1.29, 1.82) is 0 Å². The van der Waals surface area contributed by atoms with Crippen molar-refractivity contribution in [2.45, 2.75) is 19.8 Å². The molecule has 2 aromatic rings. The molecule has 0 atom stereocenters. The third-order valence-corrected chi connectivity index (χ3v) is 5.00. The van der Waals surface area contributed by atoms with Crippen LogP contribution in [-0.4, -0.2) is 71.3 Å². The van der Waals surface area contributed by atoms with Crippen molar-refractivity contribution in [2.24, 2.45) is 0 Å². The van der Waals surface area contributed by atoms with E-state index in [4.69, 9.17) is 0 Å². The predicted octanol–water partition coefficient (Wildman–Crippen LogP) is 2.02. The number of amides is 1. The second kappa shape index (κ2) is 9.50. The summed E-state index contributed by atoms with van der Waals surface area (Å²) in [6, 6.07) is 9.43. The topological polar surface area (TPSA) is 53.4 Å². The lowest BCUT2D eigenvalue weighted by molar-refractivity contribution is 0.0951. The van der Waals surface area contributed by atoms with Crippen LogP contribution in [0.5, 0.6) is 0 Å². The zero-order chi connectivity index (χ0) is 18.2. The van der Waals surface area contributed by atoms with Gasteiger partial charge in [0.15, 0.2) is 0 Å². The van der Waals surface area contributed by atoms with Gasteiger partial charge in [0.2, 0.25) is 0 Å². The number of rotatable bonds is 8. The predicted molar refractivity (Wildman–Crippen MR) is 104 cm³/mol. The van der Waals surface area contributed by atoms with Crippen molar-refractivity contribution < 1.29 is 4.79 Å². The largest absolute Gasteiger partial charge is 0.352 e. The Balaban J connectivity index is 1.40. The fourth-order valence-corrected chi connectivity index (χ4v) is 3.36. The van der Waals surface area contributed by atoms with E-state index in [1.165, 1.54) is 13.1 Å². The van der Waals surface area contributed by atoms with E-state index in [1.807, 2.05) is 36.5 Å². The Bertz CT molecular complexity index is 677. The van der Waals surface area contributed by atoms with Crippen molar-refractivity contribution in [3.8, 4) is 5.69 Å². The average molecular weight is 355 g/mol. The molecule has 1 saturated heterocycles. The molecule has 0 saturated carbocycles. The molecule has 0 bridgehead atoms. The number of hydrogen-bond donors (Lipinski definition) is 1. The molecule has 1 aromatic carbocycles. The molecule has 0 aliphatic carbocycles. The van der Waals surface area contributed by atoms with E-state index in [1.54, 1.807) is 10.9 Å². The molecule has 6 heteroatoms. The van der Waals surface area contributed by atoms with Crippen molar-refractivity contribution >= 4 is 5.91 Å². The average Bonchev–Trinajstić information content (AvgIpc) is 3.23. The molecule has 140 valence electrons. The minimum atomic E-state index is -0.0346. The Labute approximate surface area is 155 Å². The van der Waals surface area contributed by atoms with E-state index in [-0.39, 0.29) is 5.91 Å². The number of nitrogens with zero attached hydrogens (tertiary/aromatic N) is 4. The van der Waals surface area contributed by atoms with Gasteiger partial charge in [-0.15, -0.1) is 0 Å². The van der Waals surface area contributed by atoms with Gasteiger partial charge in [0.1, 0.15) is 0 Å². The van der Waals surface area contributed by atoms with Crippen LogP contribution in [0, 0.1) is 0 Å². The van der Waals surface area contributed by atoms with Gasteiger partial charge in [-0.2, -0.15) is 5.10 Å². The molecule has 26 heavy (non-hydrogen) atoms. The number of likely N-dealkylation sites (N-methyl/N-ethyl adjacent to an activating group) is 1. The minimum absolute atomic E-state index is 0.0346. The lowest BCUT2D eigenvalue weighted by Gasteiger charge is -2.33. The Hall–Kier alpha value is -2.18. The summed E-state index contributed by atoms with van der Waals surface area (Å²) in [6.45, 7) is 9.89. The van der Waals surface area contributed by atoms with Crippen molar-refractivity contribution in [2.75, 3.05) is 45.8 Å². The van der Waals surface area contributed by atoms with Gasteiger partial charge in [0, 0.05) is 45.1 Å². The van der Waals surface area contributed by atoms with Crippen LogP contribution in [0.3, 0.4) is 0 Å². The van der Waals surface area contributed by atoms with Crippen LogP contribution in [0.1, 0.15) is 30.1 Å². The van der Waals surface area contributed by atoms with Gasteiger partial charge in [-0.1, -0.05) is 19.1 Å². The Morgan fingerprint density at radius 2 is 1.85 bits per heavy atom. The maximum Gasteiger partial charge on any atom is 0.253 e. The number of unbranched alkanes of at least 4 members (excludes halogenated alkanes) is 1. The van der Waals surface area contributed by atoms with E-state index in [2.05, 4.69) is 27.1 Å². The molecular formula is C20H29N5O. The highest BCUT2D eigenvalue weighted by atomic mass is 16.1. The van der Waals surface area contributed by atoms with Gasteiger partial charge in [-0.05, 0) is 44.1 Å². The minimum Gasteiger partial charge on any atom is -0.352 e. The number of carbonyl (C=O) groups excluding carboxylic acids is 1. The molecule has 1 N–H and O–H groups in total. The van der Waals surface area contributed by atoms with Crippen molar-refractivity contribution in [3.63, 3.8) is 0 Å². The second-order valence-electron chi connectivity index (χ2n) is 6.71. The lowest BCUT2D eigenvalue weighted by Crippen LogP contribution is -2.46. The van der Waals surface area contributed by atoms with E-state index in [9.17, 15) is 4.79 Å². The van der Waals surface area contributed by atoms with Crippen LogP contribution in [0.4, 0.5) is 0 Å². The summed E-state index contributed by atoms with van der Waals surface area (Å²) in [5.41, 5.74) is 1.47. The SMILES string of the molecule is CCN1CCN(CCCCNC(=O)c2ccccc2-n2cccn2)CC1. The van der Waals surface area contributed by atoms with E-state index in [0.29, 0.717) is 12.1 Å². The molecular weight excluding hydrogens is 326 g/mol. The quantitative estimate of drug-likeness (QED) is 0.736. The Morgan fingerprint density at radius 1 is 1.08 bits per heavy atom. The standard InChI is InChI=1S/C20H29N5O/c1-2-23-14-16-24(17-15-23)12-6-5-10-21-20(26)18-8-3-4-9-19(18)25-13-7-11-22-25/h3-4,7-9,11,13H,2,5-6,10,12,14-17H2,1H3,(H,21,26). The highest BCUT2D eigenvalue weighted by molar-refractivity contribution is 5.97. The highest BCUT2D eigenvalue weighted by Crippen LogP contribution is 2.13. The molecule has 1 fully saturated rings. The van der Waals surface area contributed by atoms with E-state index >= 15 is 0 Å². The molecule has 1 aliphatic heterocycles. The summed E-state index contributed by atoms with van der Waals surface area (Å²) in [6.07, 6.45) is 5.69. The smallest absolute Gasteiger partial charge is 0.253 e. The van der Waals surface area contributed by atoms with Gasteiger partial charge < -0.3 is 15.1 Å². The van der Waals surface area contributed by atoms with Crippen LogP contribution in [-0.2, 0) is 0 Å². The van der Waals surface area contributed by atoms with Crippen molar-refractivity contribution in [3.05, 3.63) is 48.3 Å². The zero-order valence-electron chi connectivity index (χ0n) is 15.6. The molecule has 3 rings (SSSR count). The van der Waals surface area contributed by atoms with Crippen molar-refractivity contribution in [1.82, 2.24) is 24.9 Å². The van der Waals surface area contributed by atoms with Crippen LogP contribution in [0.25, 0.3) is 5.69 Å². The highest BCUT2D eigenvalue weighted by Gasteiger charge is 2.15. The summed E-state index contributed by atoms with van der Waals surface area (Å²) in [7, 11) is 0. The number of hydrogen-bond acceptors (Lipinski definition) is 4. The third kappa shape index (κ3) is 4.93. The summed E-state index contributed by atoms with van der Waals surface area (Å²) in [5, 5.41) is 7.28. The van der Waals surface area contributed by atoms with Gasteiger partial charge >= 0.3 is 0 Å². The number of para-hydroxylation sites is 1. The first-order valence-corrected chi connectivity index (χ1v) is 9.60. The number of aromatic nitrogens is 2. The fraction of sp³-hybridized carbons (Fsp3) is 0.500. The van der Waals surface area contributed by atoms with Crippen LogP contribution in [0.15, 0.2) is 42.7 Å². The maximum atomic E-state index is 12.5. The van der Waals surface area contributed by atoms with Crippen LogP contribution >= 0.6 is 0 Å². The number of piperazine rings is 1. The Morgan fingerprint density at radius 3 is 2.58 bits per heavy atom. The van der Waals surface area contributed by atoms with E-state index in [0.717, 1.165) is 44.7 Å². The van der Waals surface area contributed by atoms with Gasteiger partial charge in [0.25, 0.3) is 5.91 Å². The first kappa shape index (κ1) is 18.6. The number of carbonyl (C=O) groups is 1. The number of nitrogens with one attached hydrogen (secondary N) is 1. The molecule has 0 spiro atoms. The normalized spacial score (nSPS) is 15.9. The van der Waals surface area contributed by atoms with Crippen LogP contribution < -0.4 is 5.32 Å². The lowest BCUT2D eigenvalue weighted by atomic mass is 10.1. The third-order valence-electron chi connectivity index (χ3n) is 5.00. The summed E-state index contributed by atoms with van der Waals surface area (Å²) in [4.78, 5) is 17.5. The summed E-state index contributed by atoms with van der Waals surface area (Å²) >= 11 is 0. The first-order chi connectivity index (χ1) is 12.8. The summed E-state index contributed by atoms with van der Waals surface area (Å²) < 4.78 is 1.73. The molecule has 0 radical (unpaired) electrons. The molecule has 2 heterocycles.